The van der Waals surface area contributed by atoms with Crippen molar-refractivity contribution in [2.24, 2.45) is 4.99 Å². The van der Waals surface area contributed by atoms with Crippen LogP contribution in [-0.4, -0.2) is 25.0 Å². The second kappa shape index (κ2) is 11.4. The van der Waals surface area contributed by atoms with Crippen LogP contribution in [0, 0.1) is 0 Å². The maximum absolute atomic E-state index is 11.6. The van der Waals surface area contributed by atoms with E-state index >= 15 is 0 Å². The lowest BCUT2D eigenvalue weighted by atomic mass is 10.1. The van der Waals surface area contributed by atoms with Crippen LogP contribution < -0.4 is 16.0 Å². The predicted molar refractivity (Wildman–Crippen MR) is 116 cm³/mol. The van der Waals surface area contributed by atoms with E-state index < -0.39 is 0 Å². The zero-order chi connectivity index (χ0) is 19.5. The molecule has 1 heterocycles. The van der Waals surface area contributed by atoms with Crippen LogP contribution in [-0.2, 0) is 11.3 Å². The Kier molecular flexibility index (Phi) is 8.84. The number of aliphatic imine (C=N–C) groups is 1. The second-order valence-corrected chi connectivity index (χ2v) is 7.47. The van der Waals surface area contributed by atoms with Gasteiger partial charge in [0.15, 0.2) is 5.96 Å². The summed E-state index contributed by atoms with van der Waals surface area (Å²) in [5.74, 6) is 1.32. The van der Waals surface area contributed by atoms with E-state index in [1.165, 1.54) is 4.88 Å². The number of hydrogen-bond acceptors (Lipinski definition) is 3. The van der Waals surface area contributed by atoms with Gasteiger partial charge in [-0.25, -0.2) is 4.99 Å². The molecule has 0 aliphatic rings. The van der Waals surface area contributed by atoms with Gasteiger partial charge in [0.05, 0.1) is 6.54 Å². The summed E-state index contributed by atoms with van der Waals surface area (Å²) < 4.78 is 0. The van der Waals surface area contributed by atoms with Crippen molar-refractivity contribution in [1.29, 1.82) is 0 Å². The maximum atomic E-state index is 11.6. The average Bonchev–Trinajstić information content (AvgIpc) is 3.20. The minimum Gasteiger partial charge on any atom is -0.357 e. The Morgan fingerprint density at radius 2 is 1.93 bits per heavy atom. The van der Waals surface area contributed by atoms with Crippen molar-refractivity contribution in [2.45, 2.75) is 46.1 Å². The molecule has 0 aliphatic carbocycles. The fourth-order valence-corrected chi connectivity index (χ4v) is 3.37. The van der Waals surface area contributed by atoms with Crippen LogP contribution in [0.2, 0.25) is 0 Å². The van der Waals surface area contributed by atoms with Gasteiger partial charge in [0.25, 0.3) is 0 Å². The van der Waals surface area contributed by atoms with Gasteiger partial charge in [-0.3, -0.25) is 4.79 Å². The van der Waals surface area contributed by atoms with Gasteiger partial charge in [0, 0.05) is 36.0 Å². The van der Waals surface area contributed by atoms with E-state index in [0.717, 1.165) is 36.7 Å². The molecule has 1 aromatic carbocycles. The van der Waals surface area contributed by atoms with Crippen molar-refractivity contribution in [3.8, 4) is 0 Å². The topological polar surface area (TPSA) is 65.5 Å². The number of thiophene rings is 1. The lowest BCUT2D eigenvalue weighted by molar-refractivity contribution is -0.116. The molecular weight excluding hydrogens is 356 g/mol. The molecule has 1 aromatic heterocycles. The van der Waals surface area contributed by atoms with Crippen molar-refractivity contribution in [3.63, 3.8) is 0 Å². The Hall–Kier alpha value is -2.34. The molecule has 0 radical (unpaired) electrons. The van der Waals surface area contributed by atoms with Crippen molar-refractivity contribution >= 4 is 28.9 Å². The molecule has 27 heavy (non-hydrogen) atoms. The summed E-state index contributed by atoms with van der Waals surface area (Å²) in [4.78, 5) is 17.7. The Morgan fingerprint density at radius 1 is 1.15 bits per heavy atom. The first-order valence-electron chi connectivity index (χ1n) is 9.56. The third-order valence-electron chi connectivity index (χ3n) is 4.08. The van der Waals surface area contributed by atoms with E-state index in [1.807, 2.05) is 31.2 Å². The van der Waals surface area contributed by atoms with Gasteiger partial charge in [-0.1, -0.05) is 32.0 Å². The number of amides is 1. The summed E-state index contributed by atoms with van der Waals surface area (Å²) in [7, 11) is 0. The average molecular weight is 387 g/mol. The molecule has 1 amide bonds. The standard InChI is InChI=1S/C21H30N4OS/c1-4-7-20(26)25-18-11-9-17(10-12-18)15-24-21(22-5-2)23-14-16(3)19-8-6-13-27-19/h6,8-13,16H,4-5,7,14-15H2,1-3H3,(H,25,26)(H2,22,23,24). The van der Waals surface area contributed by atoms with E-state index in [-0.39, 0.29) is 5.91 Å². The highest BCUT2D eigenvalue weighted by molar-refractivity contribution is 7.10. The van der Waals surface area contributed by atoms with E-state index in [1.54, 1.807) is 11.3 Å². The van der Waals surface area contributed by atoms with Crippen molar-refractivity contribution in [1.82, 2.24) is 10.6 Å². The number of carbonyl (C=O) groups is 1. The van der Waals surface area contributed by atoms with Crippen LogP contribution in [0.25, 0.3) is 0 Å². The largest absolute Gasteiger partial charge is 0.357 e. The molecular formula is C21H30N4OS. The molecule has 2 rings (SSSR count). The Morgan fingerprint density at radius 3 is 2.56 bits per heavy atom. The molecule has 146 valence electrons. The first kappa shape index (κ1) is 21.0. The number of hydrogen-bond donors (Lipinski definition) is 3. The maximum Gasteiger partial charge on any atom is 0.224 e. The summed E-state index contributed by atoms with van der Waals surface area (Å²) in [6.45, 7) is 8.53. The molecule has 0 aliphatic heterocycles. The summed E-state index contributed by atoms with van der Waals surface area (Å²) >= 11 is 1.78. The summed E-state index contributed by atoms with van der Waals surface area (Å²) in [5.41, 5.74) is 1.93. The van der Waals surface area contributed by atoms with E-state index in [0.29, 0.717) is 18.9 Å². The summed E-state index contributed by atoms with van der Waals surface area (Å²) in [6.07, 6.45) is 1.40. The zero-order valence-corrected chi connectivity index (χ0v) is 17.2. The highest BCUT2D eigenvalue weighted by Gasteiger charge is 2.07. The lowest BCUT2D eigenvalue weighted by Gasteiger charge is -2.15. The van der Waals surface area contributed by atoms with E-state index in [2.05, 4.69) is 52.3 Å². The SMILES string of the molecule is CCCC(=O)Nc1ccc(CN=C(NCC)NCC(C)c2cccs2)cc1. The second-order valence-electron chi connectivity index (χ2n) is 6.49. The molecule has 0 saturated heterocycles. The van der Waals surface area contributed by atoms with Crippen LogP contribution in [0.1, 0.15) is 50.0 Å². The number of carbonyl (C=O) groups excluding carboxylic acids is 1. The van der Waals surface area contributed by atoms with Crippen LogP contribution in [0.15, 0.2) is 46.8 Å². The number of anilines is 1. The van der Waals surface area contributed by atoms with Crippen molar-refractivity contribution in [3.05, 3.63) is 52.2 Å². The minimum atomic E-state index is 0.0572. The smallest absolute Gasteiger partial charge is 0.224 e. The molecule has 0 bridgehead atoms. The van der Waals surface area contributed by atoms with Gasteiger partial charge >= 0.3 is 0 Å². The molecule has 2 aromatic rings. The van der Waals surface area contributed by atoms with Crippen molar-refractivity contribution in [2.75, 3.05) is 18.4 Å². The first-order chi connectivity index (χ1) is 13.1. The zero-order valence-electron chi connectivity index (χ0n) is 16.4. The number of guanidine groups is 1. The molecule has 5 nitrogen and oxygen atoms in total. The molecule has 1 atom stereocenters. The number of rotatable bonds is 9. The van der Waals surface area contributed by atoms with Crippen LogP contribution in [0.5, 0.6) is 0 Å². The molecule has 0 fully saturated rings. The minimum absolute atomic E-state index is 0.0572. The van der Waals surface area contributed by atoms with Crippen LogP contribution >= 0.6 is 11.3 Å². The van der Waals surface area contributed by atoms with Gasteiger partial charge in [-0.2, -0.15) is 0 Å². The summed E-state index contributed by atoms with van der Waals surface area (Å²) in [6, 6.07) is 12.1. The van der Waals surface area contributed by atoms with E-state index in [4.69, 9.17) is 0 Å². The fraction of sp³-hybridized carbons (Fsp3) is 0.429. The number of nitrogens with one attached hydrogen (secondary N) is 3. The molecule has 0 spiro atoms. The van der Waals surface area contributed by atoms with Gasteiger partial charge in [0.1, 0.15) is 0 Å². The Bertz CT molecular complexity index is 710. The number of nitrogens with zero attached hydrogens (tertiary/aromatic N) is 1. The highest BCUT2D eigenvalue weighted by atomic mass is 32.1. The molecule has 0 saturated carbocycles. The monoisotopic (exact) mass is 386 g/mol. The quantitative estimate of drug-likeness (QED) is 0.443. The van der Waals surface area contributed by atoms with E-state index in [9.17, 15) is 4.79 Å². The normalized spacial score (nSPS) is 12.5. The Labute approximate surface area is 166 Å². The van der Waals surface area contributed by atoms with Gasteiger partial charge in [0.2, 0.25) is 5.91 Å². The third-order valence-corrected chi connectivity index (χ3v) is 5.19. The van der Waals surface area contributed by atoms with Crippen molar-refractivity contribution < 1.29 is 4.79 Å². The van der Waals surface area contributed by atoms with Crippen LogP contribution in [0.3, 0.4) is 0 Å². The van der Waals surface area contributed by atoms with Crippen LogP contribution in [0.4, 0.5) is 5.69 Å². The molecule has 6 heteroatoms. The molecule has 3 N–H and O–H groups in total. The third kappa shape index (κ3) is 7.43. The van der Waals surface area contributed by atoms with Gasteiger partial charge in [-0.05, 0) is 42.5 Å². The first-order valence-corrected chi connectivity index (χ1v) is 10.4. The lowest BCUT2D eigenvalue weighted by Crippen LogP contribution is -2.39. The molecule has 1 unspecified atom stereocenters. The predicted octanol–water partition coefficient (Wildman–Crippen LogP) is 4.35. The van der Waals surface area contributed by atoms with Gasteiger partial charge in [-0.15, -0.1) is 11.3 Å². The highest BCUT2D eigenvalue weighted by Crippen LogP contribution is 2.19. The fourth-order valence-electron chi connectivity index (χ4n) is 2.58. The summed E-state index contributed by atoms with van der Waals surface area (Å²) in [5, 5.41) is 11.7. The van der Waals surface area contributed by atoms with Gasteiger partial charge < -0.3 is 16.0 Å². The number of benzene rings is 1. The Balaban J connectivity index is 1.88.